The lowest BCUT2D eigenvalue weighted by Crippen LogP contribution is -2.61. The van der Waals surface area contributed by atoms with Crippen LogP contribution in [-0.2, 0) is 4.74 Å². The molecule has 0 saturated carbocycles. The maximum atomic E-state index is 5.38. The van der Waals surface area contributed by atoms with E-state index in [1.54, 1.807) is 0 Å². The number of nitrogens with one attached hydrogen (secondary N) is 1. The molecule has 0 aliphatic carbocycles. The van der Waals surface area contributed by atoms with Crippen molar-refractivity contribution >= 4 is 0 Å². The molecule has 106 valence electrons. The number of morpholine rings is 1. The topological polar surface area (TPSA) is 27.7 Å². The number of nitrogens with zero attached hydrogens (tertiary/aromatic N) is 2. The maximum absolute atomic E-state index is 5.38. The van der Waals surface area contributed by atoms with Gasteiger partial charge in [0.05, 0.1) is 13.2 Å². The van der Waals surface area contributed by atoms with Gasteiger partial charge in [-0.05, 0) is 40.3 Å². The van der Waals surface area contributed by atoms with Gasteiger partial charge in [0, 0.05) is 37.8 Å². The second-order valence-corrected chi connectivity index (χ2v) is 6.35. The number of piperazine rings is 1. The molecule has 0 spiro atoms. The Morgan fingerprint density at radius 1 is 1.22 bits per heavy atom. The fourth-order valence-corrected chi connectivity index (χ4v) is 2.88. The highest BCUT2D eigenvalue weighted by atomic mass is 16.5. The molecule has 2 aliphatic heterocycles. The third-order valence-electron chi connectivity index (χ3n) is 4.24. The summed E-state index contributed by atoms with van der Waals surface area (Å²) in [7, 11) is 0. The smallest absolute Gasteiger partial charge is 0.0594 e. The monoisotopic (exact) mass is 255 g/mol. The summed E-state index contributed by atoms with van der Waals surface area (Å²) >= 11 is 0. The number of hydrogen-bond acceptors (Lipinski definition) is 4. The average Bonchev–Trinajstić information content (AvgIpc) is 2.35. The van der Waals surface area contributed by atoms with Gasteiger partial charge in [-0.3, -0.25) is 9.80 Å². The lowest BCUT2D eigenvalue weighted by atomic mass is 9.97. The highest BCUT2D eigenvalue weighted by Gasteiger charge is 2.31. The van der Waals surface area contributed by atoms with Crippen LogP contribution < -0.4 is 5.32 Å². The molecule has 0 amide bonds. The molecule has 0 aromatic rings. The van der Waals surface area contributed by atoms with Crippen molar-refractivity contribution in [2.45, 2.75) is 38.8 Å². The van der Waals surface area contributed by atoms with Gasteiger partial charge < -0.3 is 10.1 Å². The molecule has 18 heavy (non-hydrogen) atoms. The summed E-state index contributed by atoms with van der Waals surface area (Å²) in [5.41, 5.74) is 0.303. The van der Waals surface area contributed by atoms with Crippen molar-refractivity contribution < 1.29 is 4.74 Å². The number of rotatable bonds is 4. The second-order valence-electron chi connectivity index (χ2n) is 6.35. The van der Waals surface area contributed by atoms with Crippen LogP contribution in [0.5, 0.6) is 0 Å². The zero-order valence-electron chi connectivity index (χ0n) is 12.2. The Morgan fingerprint density at radius 2 is 1.94 bits per heavy atom. The van der Waals surface area contributed by atoms with Gasteiger partial charge in [0.25, 0.3) is 0 Å². The van der Waals surface area contributed by atoms with E-state index in [9.17, 15) is 0 Å². The summed E-state index contributed by atoms with van der Waals surface area (Å²) in [6.45, 7) is 15.7. The third-order valence-corrected chi connectivity index (χ3v) is 4.24. The molecule has 2 rings (SSSR count). The normalized spacial score (nSPS) is 30.5. The standard InChI is InChI=1S/C14H29N3O/c1-13-11-17(14(2,3)12-15-13)6-4-5-16-7-9-18-10-8-16/h13,15H,4-12H2,1-3H3. The van der Waals surface area contributed by atoms with E-state index in [4.69, 9.17) is 4.74 Å². The van der Waals surface area contributed by atoms with E-state index in [-0.39, 0.29) is 0 Å². The Kier molecular flexibility index (Phi) is 5.01. The summed E-state index contributed by atoms with van der Waals surface area (Å²) in [6.07, 6.45) is 1.27. The predicted octanol–water partition coefficient (Wildman–Crippen LogP) is 0.781. The molecule has 2 aliphatic rings. The van der Waals surface area contributed by atoms with Crippen molar-refractivity contribution in [2.75, 3.05) is 52.5 Å². The maximum Gasteiger partial charge on any atom is 0.0594 e. The zero-order valence-corrected chi connectivity index (χ0v) is 12.2. The highest BCUT2D eigenvalue weighted by Crippen LogP contribution is 2.18. The van der Waals surface area contributed by atoms with Crippen LogP contribution in [0.4, 0.5) is 0 Å². The minimum absolute atomic E-state index is 0.303. The molecule has 4 nitrogen and oxygen atoms in total. The van der Waals surface area contributed by atoms with Crippen LogP contribution in [-0.4, -0.2) is 73.9 Å². The predicted molar refractivity (Wildman–Crippen MR) is 75.0 cm³/mol. The van der Waals surface area contributed by atoms with Crippen molar-refractivity contribution in [3.05, 3.63) is 0 Å². The van der Waals surface area contributed by atoms with E-state index < -0.39 is 0 Å². The Hall–Kier alpha value is -0.160. The quantitative estimate of drug-likeness (QED) is 0.803. The summed E-state index contributed by atoms with van der Waals surface area (Å²) < 4.78 is 5.38. The molecular weight excluding hydrogens is 226 g/mol. The first-order valence-electron chi connectivity index (χ1n) is 7.36. The molecular formula is C14H29N3O. The van der Waals surface area contributed by atoms with Crippen molar-refractivity contribution in [2.24, 2.45) is 0 Å². The lowest BCUT2D eigenvalue weighted by molar-refractivity contribution is 0.0295. The average molecular weight is 255 g/mol. The zero-order chi connectivity index (χ0) is 13.0. The van der Waals surface area contributed by atoms with Crippen molar-refractivity contribution in [3.8, 4) is 0 Å². The van der Waals surface area contributed by atoms with Crippen LogP contribution in [0.3, 0.4) is 0 Å². The van der Waals surface area contributed by atoms with Crippen LogP contribution in [0.15, 0.2) is 0 Å². The van der Waals surface area contributed by atoms with Crippen molar-refractivity contribution in [3.63, 3.8) is 0 Å². The first-order chi connectivity index (χ1) is 8.58. The van der Waals surface area contributed by atoms with Gasteiger partial charge >= 0.3 is 0 Å². The first kappa shape index (κ1) is 14.3. The third kappa shape index (κ3) is 3.92. The van der Waals surface area contributed by atoms with Gasteiger partial charge in [-0.15, -0.1) is 0 Å². The fourth-order valence-electron chi connectivity index (χ4n) is 2.88. The van der Waals surface area contributed by atoms with Crippen LogP contribution >= 0.6 is 0 Å². The molecule has 2 saturated heterocycles. The molecule has 2 heterocycles. The Morgan fingerprint density at radius 3 is 2.67 bits per heavy atom. The SMILES string of the molecule is CC1CN(CCCN2CCOCC2)C(C)(C)CN1. The van der Waals surface area contributed by atoms with Gasteiger partial charge in [0.15, 0.2) is 0 Å². The summed E-state index contributed by atoms with van der Waals surface area (Å²) in [6, 6.07) is 0.626. The molecule has 1 unspecified atom stereocenters. The van der Waals surface area contributed by atoms with Crippen LogP contribution in [0.2, 0.25) is 0 Å². The van der Waals surface area contributed by atoms with E-state index in [2.05, 4.69) is 35.9 Å². The van der Waals surface area contributed by atoms with E-state index >= 15 is 0 Å². The minimum atomic E-state index is 0.303. The summed E-state index contributed by atoms with van der Waals surface area (Å²) in [4.78, 5) is 5.18. The highest BCUT2D eigenvalue weighted by molar-refractivity contribution is 4.91. The van der Waals surface area contributed by atoms with Gasteiger partial charge in [-0.25, -0.2) is 0 Å². The molecule has 4 heteroatoms. The molecule has 0 aromatic heterocycles. The minimum Gasteiger partial charge on any atom is -0.379 e. The van der Waals surface area contributed by atoms with Gasteiger partial charge in [-0.2, -0.15) is 0 Å². The Balaban J connectivity index is 1.70. The Labute approximate surface area is 112 Å². The van der Waals surface area contributed by atoms with E-state index in [1.807, 2.05) is 0 Å². The van der Waals surface area contributed by atoms with Gasteiger partial charge in [-0.1, -0.05) is 0 Å². The van der Waals surface area contributed by atoms with Crippen LogP contribution in [0.1, 0.15) is 27.2 Å². The van der Waals surface area contributed by atoms with E-state index in [0.717, 1.165) is 32.8 Å². The van der Waals surface area contributed by atoms with Crippen LogP contribution in [0, 0.1) is 0 Å². The van der Waals surface area contributed by atoms with Gasteiger partial charge in [0.2, 0.25) is 0 Å². The van der Waals surface area contributed by atoms with Gasteiger partial charge in [0.1, 0.15) is 0 Å². The molecule has 0 aromatic carbocycles. The number of ether oxygens (including phenoxy) is 1. The summed E-state index contributed by atoms with van der Waals surface area (Å²) in [5, 5.41) is 3.57. The van der Waals surface area contributed by atoms with E-state index in [1.165, 1.54) is 26.1 Å². The lowest BCUT2D eigenvalue weighted by Gasteiger charge is -2.45. The number of hydrogen-bond donors (Lipinski definition) is 1. The molecule has 0 bridgehead atoms. The molecule has 1 atom stereocenters. The van der Waals surface area contributed by atoms with Crippen molar-refractivity contribution in [1.29, 1.82) is 0 Å². The fraction of sp³-hybridized carbons (Fsp3) is 1.00. The molecule has 0 radical (unpaired) electrons. The van der Waals surface area contributed by atoms with Crippen LogP contribution in [0.25, 0.3) is 0 Å². The largest absolute Gasteiger partial charge is 0.379 e. The first-order valence-corrected chi connectivity index (χ1v) is 7.36. The molecule has 1 N–H and O–H groups in total. The molecule has 2 fully saturated rings. The van der Waals surface area contributed by atoms with Crippen molar-refractivity contribution in [1.82, 2.24) is 15.1 Å². The summed E-state index contributed by atoms with van der Waals surface area (Å²) in [5.74, 6) is 0. The van der Waals surface area contributed by atoms with E-state index in [0.29, 0.717) is 11.6 Å². The second kappa shape index (κ2) is 6.33. The Bertz CT molecular complexity index is 251.